The number of fused-ring (bicyclic) bond motifs is 1. The molecule has 180 valence electrons. The van der Waals surface area contributed by atoms with E-state index in [2.05, 4.69) is 17.2 Å². The third kappa shape index (κ3) is 5.91. The summed E-state index contributed by atoms with van der Waals surface area (Å²) in [6.45, 7) is 4.65. The Hall–Kier alpha value is -3.00. The average Bonchev–Trinajstić information content (AvgIpc) is 2.87. The van der Waals surface area contributed by atoms with Gasteiger partial charge in [-0.2, -0.15) is 0 Å². The minimum Gasteiger partial charge on any atom is -0.493 e. The maximum atomic E-state index is 12.7. The lowest BCUT2D eigenvalue weighted by Crippen LogP contribution is -2.38. The zero-order valence-corrected chi connectivity index (χ0v) is 20.9. The number of carbonyl (C=O) groups excluding carboxylic acids is 1. The van der Waals surface area contributed by atoms with E-state index in [1.54, 1.807) is 14.2 Å². The molecule has 1 aliphatic heterocycles. The van der Waals surface area contributed by atoms with Crippen LogP contribution in [-0.4, -0.2) is 60.4 Å². The molecule has 1 amide bonds. The van der Waals surface area contributed by atoms with Crippen molar-refractivity contribution in [1.29, 1.82) is 0 Å². The number of amides is 1. The van der Waals surface area contributed by atoms with Gasteiger partial charge in [-0.1, -0.05) is 36.9 Å². The van der Waals surface area contributed by atoms with Crippen molar-refractivity contribution >= 4 is 34.4 Å². The predicted octanol–water partition coefficient (Wildman–Crippen LogP) is 4.65. The largest absolute Gasteiger partial charge is 0.493 e. The highest BCUT2D eigenvalue weighted by Crippen LogP contribution is 2.28. The van der Waals surface area contributed by atoms with Gasteiger partial charge in [0.15, 0.2) is 16.7 Å². The van der Waals surface area contributed by atoms with Gasteiger partial charge in [0.05, 0.1) is 25.5 Å². The van der Waals surface area contributed by atoms with Crippen molar-refractivity contribution in [2.24, 2.45) is 5.92 Å². The van der Waals surface area contributed by atoms with Gasteiger partial charge in [0.2, 0.25) is 5.91 Å². The molecule has 0 spiro atoms. The van der Waals surface area contributed by atoms with Gasteiger partial charge in [-0.25, -0.2) is 9.97 Å². The van der Waals surface area contributed by atoms with Gasteiger partial charge in [-0.3, -0.25) is 4.79 Å². The van der Waals surface area contributed by atoms with Crippen LogP contribution >= 0.6 is 11.8 Å². The number of nitrogens with one attached hydrogen (secondary N) is 1. The molecular formula is C26H32N4O3S. The van der Waals surface area contributed by atoms with E-state index in [4.69, 9.17) is 14.5 Å². The summed E-state index contributed by atoms with van der Waals surface area (Å²) in [5.41, 5.74) is 2.01. The van der Waals surface area contributed by atoms with E-state index in [0.29, 0.717) is 23.4 Å². The Balaban J connectivity index is 1.42. The van der Waals surface area contributed by atoms with Gasteiger partial charge in [-0.05, 0) is 55.0 Å². The molecule has 1 saturated heterocycles. The van der Waals surface area contributed by atoms with Crippen molar-refractivity contribution in [1.82, 2.24) is 14.9 Å². The van der Waals surface area contributed by atoms with Crippen molar-refractivity contribution in [2.75, 3.05) is 44.9 Å². The van der Waals surface area contributed by atoms with Crippen LogP contribution in [0.25, 0.3) is 10.9 Å². The molecule has 8 heteroatoms. The first-order chi connectivity index (χ1) is 16.6. The van der Waals surface area contributed by atoms with Gasteiger partial charge in [0.1, 0.15) is 5.82 Å². The number of aromatic nitrogens is 2. The molecule has 4 rings (SSSR count). The zero-order valence-electron chi connectivity index (χ0n) is 20.0. The predicted molar refractivity (Wildman–Crippen MR) is 137 cm³/mol. The SMILES string of the molecule is COc1ccc(CCNc2nc(SCC(=O)N3CCC(C)CC3)nc3ccccc23)cc1OC. The Labute approximate surface area is 205 Å². The normalized spacial score (nSPS) is 14.3. The molecule has 0 atom stereocenters. The van der Waals surface area contributed by atoms with Crippen molar-refractivity contribution in [3.63, 3.8) is 0 Å². The van der Waals surface area contributed by atoms with E-state index in [1.807, 2.05) is 47.4 Å². The summed E-state index contributed by atoms with van der Waals surface area (Å²) in [6.07, 6.45) is 2.96. The number of carbonyl (C=O) groups is 1. The number of hydrogen-bond acceptors (Lipinski definition) is 7. The zero-order chi connectivity index (χ0) is 23.9. The molecule has 2 aromatic carbocycles. The second kappa shape index (κ2) is 11.4. The number of likely N-dealkylation sites (tertiary alicyclic amines) is 1. The third-order valence-electron chi connectivity index (χ3n) is 6.20. The van der Waals surface area contributed by atoms with Crippen molar-refractivity contribution in [3.8, 4) is 11.5 Å². The Morgan fingerprint density at radius 3 is 2.62 bits per heavy atom. The van der Waals surface area contributed by atoms with Gasteiger partial charge in [0.25, 0.3) is 0 Å². The Kier molecular flexibility index (Phi) is 8.11. The van der Waals surface area contributed by atoms with Crippen LogP contribution in [0.15, 0.2) is 47.6 Å². The lowest BCUT2D eigenvalue weighted by Gasteiger charge is -2.30. The van der Waals surface area contributed by atoms with Crippen LogP contribution in [0.4, 0.5) is 5.82 Å². The first-order valence-electron chi connectivity index (χ1n) is 11.7. The summed E-state index contributed by atoms with van der Waals surface area (Å²) >= 11 is 1.41. The molecule has 0 saturated carbocycles. The van der Waals surface area contributed by atoms with E-state index in [9.17, 15) is 4.79 Å². The lowest BCUT2D eigenvalue weighted by molar-refractivity contribution is -0.129. The molecule has 0 radical (unpaired) electrons. The van der Waals surface area contributed by atoms with Gasteiger partial charge in [-0.15, -0.1) is 0 Å². The summed E-state index contributed by atoms with van der Waals surface area (Å²) < 4.78 is 10.7. The van der Waals surface area contributed by atoms with E-state index in [0.717, 1.165) is 66.1 Å². The molecule has 0 bridgehead atoms. The molecule has 1 aliphatic rings. The highest BCUT2D eigenvalue weighted by atomic mass is 32.2. The van der Waals surface area contributed by atoms with Gasteiger partial charge >= 0.3 is 0 Å². The molecule has 1 fully saturated rings. The molecule has 34 heavy (non-hydrogen) atoms. The summed E-state index contributed by atoms with van der Waals surface area (Å²) in [6, 6.07) is 13.9. The summed E-state index contributed by atoms with van der Waals surface area (Å²) in [7, 11) is 3.28. The molecule has 1 N–H and O–H groups in total. The fourth-order valence-corrected chi connectivity index (χ4v) is 4.85. The van der Waals surface area contributed by atoms with Crippen LogP contribution in [0.1, 0.15) is 25.3 Å². The topological polar surface area (TPSA) is 76.6 Å². The highest BCUT2D eigenvalue weighted by Gasteiger charge is 2.20. The van der Waals surface area contributed by atoms with E-state index in [1.165, 1.54) is 11.8 Å². The van der Waals surface area contributed by atoms with Crippen LogP contribution in [0, 0.1) is 5.92 Å². The molecule has 2 heterocycles. The number of piperidine rings is 1. The standard InChI is InChI=1S/C26H32N4O3S/c1-18-11-14-30(15-12-18)24(31)17-34-26-28-21-7-5-4-6-20(21)25(29-26)27-13-10-19-8-9-22(32-2)23(16-19)33-3/h4-9,16,18H,10-15,17H2,1-3H3,(H,27,28,29). The molecule has 1 aromatic heterocycles. The Morgan fingerprint density at radius 2 is 1.85 bits per heavy atom. The Morgan fingerprint density at radius 1 is 1.09 bits per heavy atom. The first kappa shape index (κ1) is 24.1. The molecule has 0 unspecified atom stereocenters. The van der Waals surface area contributed by atoms with Crippen molar-refractivity contribution in [2.45, 2.75) is 31.3 Å². The quantitative estimate of drug-likeness (QED) is 0.353. The van der Waals surface area contributed by atoms with Gasteiger partial charge in [0, 0.05) is 25.0 Å². The fraction of sp³-hybridized carbons (Fsp3) is 0.423. The number of methoxy groups -OCH3 is 2. The second-order valence-corrected chi connectivity index (χ2v) is 9.53. The molecule has 0 aliphatic carbocycles. The molecular weight excluding hydrogens is 448 g/mol. The molecule has 7 nitrogen and oxygen atoms in total. The monoisotopic (exact) mass is 480 g/mol. The van der Waals surface area contributed by atoms with Crippen LogP contribution in [0.2, 0.25) is 0 Å². The number of para-hydroxylation sites is 1. The minimum absolute atomic E-state index is 0.164. The Bertz CT molecular complexity index is 1130. The average molecular weight is 481 g/mol. The van der Waals surface area contributed by atoms with Crippen LogP contribution in [-0.2, 0) is 11.2 Å². The fourth-order valence-electron chi connectivity index (χ4n) is 4.09. The number of rotatable bonds is 9. The van der Waals surface area contributed by atoms with Crippen LogP contribution in [0.3, 0.4) is 0 Å². The maximum Gasteiger partial charge on any atom is 0.233 e. The van der Waals surface area contributed by atoms with Crippen LogP contribution < -0.4 is 14.8 Å². The number of ether oxygens (including phenoxy) is 2. The van der Waals surface area contributed by atoms with E-state index < -0.39 is 0 Å². The minimum atomic E-state index is 0.164. The second-order valence-electron chi connectivity index (χ2n) is 8.59. The highest BCUT2D eigenvalue weighted by molar-refractivity contribution is 7.99. The number of benzene rings is 2. The number of nitrogens with zero attached hydrogens (tertiary/aromatic N) is 3. The third-order valence-corrected chi connectivity index (χ3v) is 7.03. The number of hydrogen-bond donors (Lipinski definition) is 1. The summed E-state index contributed by atoms with van der Waals surface area (Å²) in [5.74, 6) is 3.45. The van der Waals surface area contributed by atoms with Crippen molar-refractivity contribution in [3.05, 3.63) is 48.0 Å². The lowest BCUT2D eigenvalue weighted by atomic mass is 9.99. The first-order valence-corrected chi connectivity index (χ1v) is 12.7. The number of thioether (sulfide) groups is 1. The van der Waals surface area contributed by atoms with Crippen molar-refractivity contribution < 1.29 is 14.3 Å². The van der Waals surface area contributed by atoms with E-state index >= 15 is 0 Å². The molecule has 3 aromatic rings. The smallest absolute Gasteiger partial charge is 0.233 e. The van der Waals surface area contributed by atoms with Crippen LogP contribution in [0.5, 0.6) is 11.5 Å². The number of anilines is 1. The van der Waals surface area contributed by atoms with E-state index in [-0.39, 0.29) is 5.91 Å². The maximum absolute atomic E-state index is 12.7. The van der Waals surface area contributed by atoms with Gasteiger partial charge < -0.3 is 19.7 Å². The summed E-state index contributed by atoms with van der Waals surface area (Å²) in [5, 5.41) is 5.05. The summed E-state index contributed by atoms with van der Waals surface area (Å²) in [4.78, 5) is 24.1.